The van der Waals surface area contributed by atoms with Crippen molar-refractivity contribution in [2.75, 3.05) is 33.0 Å². The first-order chi connectivity index (χ1) is 26.3. The summed E-state index contributed by atoms with van der Waals surface area (Å²) in [6.07, 6.45) is -31.5. The van der Waals surface area contributed by atoms with E-state index < -0.39 is 173 Å². The summed E-state index contributed by atoms with van der Waals surface area (Å²) in [5, 5.41) is 140. The van der Waals surface area contributed by atoms with Gasteiger partial charge in [-0.15, -0.1) is 0 Å². The van der Waals surface area contributed by atoms with E-state index in [0.717, 1.165) is 13.8 Å². The summed E-state index contributed by atoms with van der Waals surface area (Å²) >= 11 is 0. The Kier molecular flexibility index (Phi) is 16.2. The molecule has 20 atom stereocenters. The summed E-state index contributed by atoms with van der Waals surface area (Å²) in [5.41, 5.74) is 0. The van der Waals surface area contributed by atoms with Crippen LogP contribution < -0.4 is 10.6 Å². The summed E-state index contributed by atoms with van der Waals surface area (Å²) < 4.78 is 39.1. The third kappa shape index (κ3) is 10.1. The van der Waals surface area contributed by atoms with E-state index in [9.17, 15) is 80.8 Å². The number of hydrogen-bond acceptors (Lipinski definition) is 22. The van der Waals surface area contributed by atoms with Crippen molar-refractivity contribution < 1.29 is 114 Å². The molecule has 0 saturated carbocycles. The van der Waals surface area contributed by atoms with Gasteiger partial charge < -0.3 is 110 Å². The topological polar surface area (TPSA) is 403 Å². The number of hydrogen-bond donors (Lipinski definition) is 15. The van der Waals surface area contributed by atoms with Gasteiger partial charge in [-0.2, -0.15) is 0 Å². The predicted octanol–water partition coefficient (Wildman–Crippen LogP) is -9.57. The van der Waals surface area contributed by atoms with Gasteiger partial charge in [-0.3, -0.25) is 9.59 Å². The first kappa shape index (κ1) is 46.3. The molecule has 25 nitrogen and oxygen atoms in total. The fourth-order valence-electron chi connectivity index (χ4n) is 6.90. The number of ether oxygens (including phenoxy) is 7. The summed E-state index contributed by atoms with van der Waals surface area (Å²) in [6, 6.07) is -3.10. The first-order valence-electron chi connectivity index (χ1n) is 17.6. The third-order valence-corrected chi connectivity index (χ3v) is 9.90. The average molecular weight is 821 g/mol. The lowest BCUT2D eigenvalue weighted by Gasteiger charge is -2.49. The van der Waals surface area contributed by atoms with Gasteiger partial charge in [-0.25, -0.2) is 4.79 Å². The summed E-state index contributed by atoms with van der Waals surface area (Å²) in [7, 11) is 0. The molecule has 15 N–H and O–H groups in total. The highest BCUT2D eigenvalue weighted by molar-refractivity contribution is 5.76. The summed E-state index contributed by atoms with van der Waals surface area (Å²) in [6.45, 7) is -1.95. The Balaban J connectivity index is 1.54. The normalized spacial score (nSPS) is 44.4. The van der Waals surface area contributed by atoms with Crippen LogP contribution in [0.15, 0.2) is 0 Å². The van der Waals surface area contributed by atoms with Crippen LogP contribution in [0, 0.1) is 0 Å². The molecule has 0 aromatic carbocycles. The molecule has 56 heavy (non-hydrogen) atoms. The number of aliphatic hydroxyl groups is 12. The van der Waals surface area contributed by atoms with Crippen molar-refractivity contribution in [1.82, 2.24) is 10.6 Å². The van der Waals surface area contributed by atoms with Gasteiger partial charge in [0.25, 0.3) is 5.79 Å². The molecule has 0 aliphatic carbocycles. The number of aliphatic carboxylic acids is 1. The average Bonchev–Trinajstić information content (AvgIpc) is 3.14. The van der Waals surface area contributed by atoms with Gasteiger partial charge in [0.2, 0.25) is 11.8 Å². The van der Waals surface area contributed by atoms with Crippen molar-refractivity contribution in [3.05, 3.63) is 0 Å². The highest BCUT2D eigenvalue weighted by atomic mass is 16.8. The molecule has 2 amide bonds. The van der Waals surface area contributed by atoms with Crippen molar-refractivity contribution >= 4 is 17.8 Å². The number of carbonyl (C=O) groups is 3. The van der Waals surface area contributed by atoms with Crippen molar-refractivity contribution in [3.8, 4) is 0 Å². The Morgan fingerprint density at radius 2 is 1.32 bits per heavy atom. The van der Waals surface area contributed by atoms with Crippen LogP contribution in [0.1, 0.15) is 20.3 Å². The maximum absolute atomic E-state index is 12.6. The van der Waals surface area contributed by atoms with Gasteiger partial charge in [0.15, 0.2) is 12.6 Å². The zero-order valence-corrected chi connectivity index (χ0v) is 30.1. The number of rotatable bonds is 15. The molecule has 4 heterocycles. The lowest BCUT2D eigenvalue weighted by molar-refractivity contribution is -0.365. The molecule has 25 heteroatoms. The second kappa shape index (κ2) is 19.6. The van der Waals surface area contributed by atoms with Crippen LogP contribution in [0.5, 0.6) is 0 Å². The van der Waals surface area contributed by atoms with Crippen molar-refractivity contribution in [2.45, 2.75) is 142 Å². The highest BCUT2D eigenvalue weighted by Crippen LogP contribution is 2.36. The van der Waals surface area contributed by atoms with E-state index in [0.29, 0.717) is 0 Å². The minimum absolute atomic E-state index is 0.384. The fourth-order valence-corrected chi connectivity index (χ4v) is 6.90. The van der Waals surface area contributed by atoms with E-state index in [4.69, 9.17) is 33.2 Å². The highest BCUT2D eigenvalue weighted by Gasteiger charge is 2.58. The Morgan fingerprint density at radius 1 is 0.732 bits per heavy atom. The maximum Gasteiger partial charge on any atom is 0.364 e. The van der Waals surface area contributed by atoms with Crippen molar-refractivity contribution in [3.63, 3.8) is 0 Å². The quantitative estimate of drug-likeness (QED) is 0.0729. The summed E-state index contributed by atoms with van der Waals surface area (Å²) in [5.74, 6) is -6.29. The molecule has 4 aliphatic rings. The minimum atomic E-state index is -2.89. The van der Waals surface area contributed by atoms with Crippen LogP contribution >= 0.6 is 0 Å². The van der Waals surface area contributed by atoms with Crippen LogP contribution in [0.25, 0.3) is 0 Å². The van der Waals surface area contributed by atoms with Gasteiger partial charge in [0.1, 0.15) is 91.5 Å². The van der Waals surface area contributed by atoms with Gasteiger partial charge in [0, 0.05) is 20.3 Å². The Labute approximate surface area is 317 Å². The summed E-state index contributed by atoms with van der Waals surface area (Å²) in [4.78, 5) is 36.6. The Hall–Kier alpha value is -2.35. The number of carboxylic acid groups (broad SMARTS) is 1. The molecule has 324 valence electrons. The number of nitrogens with one attached hydrogen (secondary N) is 2. The monoisotopic (exact) mass is 820 g/mol. The second-order valence-electron chi connectivity index (χ2n) is 14.0. The van der Waals surface area contributed by atoms with E-state index in [-0.39, 0.29) is 6.61 Å². The minimum Gasteiger partial charge on any atom is -0.477 e. The lowest BCUT2D eigenvalue weighted by atomic mass is 9.88. The Bertz CT molecular complexity index is 1320. The van der Waals surface area contributed by atoms with Gasteiger partial charge in [-0.1, -0.05) is 0 Å². The van der Waals surface area contributed by atoms with Crippen molar-refractivity contribution in [2.24, 2.45) is 0 Å². The molecule has 0 unspecified atom stereocenters. The molecule has 0 aromatic heterocycles. The van der Waals surface area contributed by atoms with E-state index in [1.807, 2.05) is 0 Å². The van der Waals surface area contributed by atoms with Gasteiger partial charge in [-0.05, 0) is 0 Å². The zero-order chi connectivity index (χ0) is 41.8. The molecule has 4 aliphatic heterocycles. The molecule has 4 fully saturated rings. The van der Waals surface area contributed by atoms with Crippen molar-refractivity contribution in [1.29, 1.82) is 0 Å². The molecule has 4 saturated heterocycles. The second-order valence-corrected chi connectivity index (χ2v) is 14.0. The van der Waals surface area contributed by atoms with Crippen LogP contribution in [0.2, 0.25) is 0 Å². The molecule has 0 spiro atoms. The molecular formula is C31H52N2O23. The first-order valence-corrected chi connectivity index (χ1v) is 17.6. The smallest absolute Gasteiger partial charge is 0.364 e. The standard InChI is InChI=1S/C31H52N2O23/c1-9(37)32-17-11(39)3-31(30(48)49,56-27(17)19(42)12(40)4-34)51-8-16-20(43)23(46)24(47)29(53-16)55-26-15(6-36)52-28(18(22(26)45)33-10(2)38)54-25-13(41)7-50-14(5-35)21(25)44/h11-29,34-36,39-47H,3-8H2,1-2H3,(H,32,37)(H,33,38)(H,48,49)/t11-,12+,13-,14+,15+,16+,17+,18+,19+,20-,21-,22+,23-,24+,25+,26+,27+,28-,29-,31+/m0/s1. The van der Waals surface area contributed by atoms with Crippen LogP contribution in [-0.4, -0.2) is 239 Å². The Morgan fingerprint density at radius 3 is 1.89 bits per heavy atom. The molecule has 0 bridgehead atoms. The molecular weight excluding hydrogens is 768 g/mol. The van der Waals surface area contributed by atoms with E-state index in [1.165, 1.54) is 0 Å². The third-order valence-electron chi connectivity index (χ3n) is 9.90. The van der Waals surface area contributed by atoms with E-state index in [1.54, 1.807) is 0 Å². The zero-order valence-electron chi connectivity index (χ0n) is 30.1. The lowest BCUT2D eigenvalue weighted by Crippen LogP contribution is -2.69. The number of aliphatic hydroxyl groups excluding tert-OH is 12. The van der Waals surface area contributed by atoms with E-state index >= 15 is 0 Å². The molecule has 0 aromatic rings. The maximum atomic E-state index is 12.6. The molecule has 4 rings (SSSR count). The van der Waals surface area contributed by atoms with Crippen LogP contribution in [0.3, 0.4) is 0 Å². The van der Waals surface area contributed by atoms with E-state index in [2.05, 4.69) is 10.6 Å². The number of amides is 2. The van der Waals surface area contributed by atoms with Crippen LogP contribution in [0.4, 0.5) is 0 Å². The predicted molar refractivity (Wildman–Crippen MR) is 173 cm³/mol. The van der Waals surface area contributed by atoms with Gasteiger partial charge in [0.05, 0.1) is 45.2 Å². The SMILES string of the molecule is CC(=O)N[C@H]1[C@H](O[C@H]2[C@@H](O)[C@@H](CO)OC[C@@H]2O)O[C@H](CO)[C@@H](O[C@@H]2O[C@H](CO[C@]3(C(=O)O)C[C@H](O)[C@@H](NC(C)=O)[C@H]([C@H](O)[C@H](O)CO)O3)[C@H](O)[C@H](O)[C@H]2O)[C@@H]1O. The number of carbonyl (C=O) groups excluding carboxylic acids is 2. The molecule has 0 radical (unpaired) electrons. The van der Waals surface area contributed by atoms with Crippen LogP contribution in [-0.2, 0) is 47.5 Å². The fraction of sp³-hybridized carbons (Fsp3) is 0.903. The van der Waals surface area contributed by atoms with Gasteiger partial charge >= 0.3 is 5.97 Å². The number of carboxylic acids is 1. The largest absolute Gasteiger partial charge is 0.477 e.